The van der Waals surface area contributed by atoms with Gasteiger partial charge in [0.15, 0.2) is 11.5 Å². The highest BCUT2D eigenvalue weighted by molar-refractivity contribution is 6.08. The summed E-state index contributed by atoms with van der Waals surface area (Å²) in [5.41, 5.74) is 3.48. The monoisotopic (exact) mass is 513 g/mol. The standard InChI is InChI=1S/C29H27N3O6/c1-18-5-7-22(31-28(33)20-6-8-24-25(15-20)37-13-12-36-24)17-23(18)32-29(34)21-14-19-4-3-9-30-27(19)26(16-21)38-11-10-35-2/h3-9,14-17H,10-13H2,1-2H3,(H,31,33)(H,32,34). The fraction of sp³-hybridized carbons (Fsp3) is 0.207. The molecule has 0 fully saturated rings. The zero-order chi connectivity index (χ0) is 26.5. The fourth-order valence-electron chi connectivity index (χ4n) is 4.05. The van der Waals surface area contributed by atoms with Crippen LogP contribution in [0, 0.1) is 6.92 Å². The smallest absolute Gasteiger partial charge is 0.255 e. The van der Waals surface area contributed by atoms with E-state index in [1.54, 1.807) is 61.8 Å². The minimum Gasteiger partial charge on any atom is -0.489 e. The average Bonchev–Trinajstić information content (AvgIpc) is 2.94. The first-order chi connectivity index (χ1) is 18.5. The Morgan fingerprint density at radius 2 is 1.71 bits per heavy atom. The number of anilines is 2. The van der Waals surface area contributed by atoms with E-state index in [0.717, 1.165) is 10.9 Å². The number of carbonyl (C=O) groups excluding carboxylic acids is 2. The van der Waals surface area contributed by atoms with Gasteiger partial charge in [-0.15, -0.1) is 0 Å². The van der Waals surface area contributed by atoms with Gasteiger partial charge in [0.25, 0.3) is 11.8 Å². The highest BCUT2D eigenvalue weighted by Gasteiger charge is 2.17. The van der Waals surface area contributed by atoms with Gasteiger partial charge in [-0.25, -0.2) is 0 Å². The number of methoxy groups -OCH3 is 1. The van der Waals surface area contributed by atoms with Crippen LogP contribution in [0.1, 0.15) is 26.3 Å². The molecular weight excluding hydrogens is 486 g/mol. The van der Waals surface area contributed by atoms with E-state index in [-0.39, 0.29) is 11.8 Å². The summed E-state index contributed by atoms with van der Waals surface area (Å²) in [5.74, 6) is 1.04. The molecule has 1 aliphatic heterocycles. The topological polar surface area (TPSA) is 108 Å². The molecule has 4 aromatic rings. The van der Waals surface area contributed by atoms with Crippen LogP contribution in [0.15, 0.2) is 66.9 Å². The van der Waals surface area contributed by atoms with E-state index in [9.17, 15) is 9.59 Å². The van der Waals surface area contributed by atoms with E-state index < -0.39 is 0 Å². The lowest BCUT2D eigenvalue weighted by molar-refractivity contribution is 0.101. The molecule has 1 aliphatic rings. The molecule has 0 unspecified atom stereocenters. The molecule has 3 aromatic carbocycles. The predicted molar refractivity (Wildman–Crippen MR) is 144 cm³/mol. The molecule has 0 spiro atoms. The lowest BCUT2D eigenvalue weighted by Crippen LogP contribution is -2.17. The number of pyridine rings is 1. The van der Waals surface area contributed by atoms with Crippen LogP contribution in [0.2, 0.25) is 0 Å². The summed E-state index contributed by atoms with van der Waals surface area (Å²) in [6.07, 6.45) is 1.68. The molecule has 2 amide bonds. The number of amides is 2. The number of hydrogen-bond acceptors (Lipinski definition) is 7. The Labute approximate surface area is 219 Å². The van der Waals surface area contributed by atoms with Crippen molar-refractivity contribution >= 4 is 34.1 Å². The Hall–Kier alpha value is -4.63. The van der Waals surface area contributed by atoms with Crippen LogP contribution in [-0.2, 0) is 4.74 Å². The molecule has 9 heteroatoms. The Kier molecular flexibility index (Phi) is 7.37. The van der Waals surface area contributed by atoms with Crippen molar-refractivity contribution < 1.29 is 28.5 Å². The molecule has 9 nitrogen and oxygen atoms in total. The highest BCUT2D eigenvalue weighted by Crippen LogP contribution is 2.31. The number of nitrogens with zero attached hydrogens (tertiary/aromatic N) is 1. The molecule has 194 valence electrons. The molecule has 0 radical (unpaired) electrons. The quantitative estimate of drug-likeness (QED) is 0.325. The Morgan fingerprint density at radius 1 is 0.895 bits per heavy atom. The minimum absolute atomic E-state index is 0.303. The van der Waals surface area contributed by atoms with E-state index in [2.05, 4.69) is 15.6 Å². The molecule has 0 saturated heterocycles. The maximum absolute atomic E-state index is 13.3. The fourth-order valence-corrected chi connectivity index (χ4v) is 4.05. The van der Waals surface area contributed by atoms with Gasteiger partial charge in [0.05, 0.1) is 6.61 Å². The van der Waals surface area contributed by atoms with Gasteiger partial charge in [0.1, 0.15) is 31.1 Å². The second-order valence-electron chi connectivity index (χ2n) is 8.69. The summed E-state index contributed by atoms with van der Waals surface area (Å²) in [6, 6.07) is 17.5. The zero-order valence-electron chi connectivity index (χ0n) is 21.1. The predicted octanol–water partition coefficient (Wildman–Crippen LogP) is 4.84. The van der Waals surface area contributed by atoms with Crippen LogP contribution < -0.4 is 24.8 Å². The van der Waals surface area contributed by atoms with Crippen LogP contribution in [0.3, 0.4) is 0 Å². The van der Waals surface area contributed by atoms with Gasteiger partial charge in [-0.05, 0) is 61.0 Å². The van der Waals surface area contributed by atoms with Crippen molar-refractivity contribution in [2.75, 3.05) is 44.2 Å². The molecule has 5 rings (SSSR count). The molecule has 0 atom stereocenters. The normalized spacial score (nSPS) is 12.2. The maximum atomic E-state index is 13.3. The second kappa shape index (κ2) is 11.2. The number of aryl methyl sites for hydroxylation is 1. The van der Waals surface area contributed by atoms with Gasteiger partial charge in [-0.3, -0.25) is 14.6 Å². The maximum Gasteiger partial charge on any atom is 0.255 e. The Balaban J connectivity index is 1.34. The van der Waals surface area contributed by atoms with Crippen molar-refractivity contribution in [3.8, 4) is 17.2 Å². The van der Waals surface area contributed by atoms with E-state index in [1.807, 2.05) is 19.1 Å². The van der Waals surface area contributed by atoms with Crippen LogP contribution in [0.25, 0.3) is 10.9 Å². The summed E-state index contributed by atoms with van der Waals surface area (Å²) >= 11 is 0. The summed E-state index contributed by atoms with van der Waals surface area (Å²) in [6.45, 7) is 3.54. The van der Waals surface area contributed by atoms with Crippen LogP contribution >= 0.6 is 0 Å². The molecule has 1 aromatic heterocycles. The van der Waals surface area contributed by atoms with Gasteiger partial charge >= 0.3 is 0 Å². The van der Waals surface area contributed by atoms with E-state index in [4.69, 9.17) is 18.9 Å². The van der Waals surface area contributed by atoms with E-state index in [1.165, 1.54) is 0 Å². The first kappa shape index (κ1) is 25.0. The molecule has 38 heavy (non-hydrogen) atoms. The van der Waals surface area contributed by atoms with Gasteiger partial charge in [0.2, 0.25) is 0 Å². The third-order valence-corrected chi connectivity index (χ3v) is 6.03. The van der Waals surface area contributed by atoms with Crippen LogP contribution in [-0.4, -0.2) is 50.3 Å². The number of rotatable bonds is 8. The Bertz CT molecular complexity index is 1500. The number of fused-ring (bicyclic) bond motifs is 2. The second-order valence-corrected chi connectivity index (χ2v) is 8.69. The largest absolute Gasteiger partial charge is 0.489 e. The van der Waals surface area contributed by atoms with E-state index in [0.29, 0.717) is 71.7 Å². The Morgan fingerprint density at radius 3 is 2.55 bits per heavy atom. The van der Waals surface area contributed by atoms with Crippen molar-refractivity contribution in [2.24, 2.45) is 0 Å². The van der Waals surface area contributed by atoms with Gasteiger partial charge in [0, 0.05) is 41.2 Å². The van der Waals surface area contributed by atoms with Crippen molar-refractivity contribution in [2.45, 2.75) is 6.92 Å². The first-order valence-corrected chi connectivity index (χ1v) is 12.2. The van der Waals surface area contributed by atoms with Gasteiger partial charge < -0.3 is 29.6 Å². The molecule has 0 bridgehead atoms. The number of aromatic nitrogens is 1. The number of carbonyl (C=O) groups is 2. The zero-order valence-corrected chi connectivity index (χ0v) is 21.1. The molecule has 0 aliphatic carbocycles. The molecule has 0 saturated carbocycles. The molecular formula is C29H27N3O6. The minimum atomic E-state index is -0.314. The lowest BCUT2D eigenvalue weighted by Gasteiger charge is -2.18. The molecule has 2 N–H and O–H groups in total. The summed E-state index contributed by atoms with van der Waals surface area (Å²) in [7, 11) is 1.60. The van der Waals surface area contributed by atoms with Crippen LogP contribution in [0.4, 0.5) is 11.4 Å². The van der Waals surface area contributed by atoms with Gasteiger partial charge in [-0.2, -0.15) is 0 Å². The third-order valence-electron chi connectivity index (χ3n) is 6.03. The number of ether oxygens (including phenoxy) is 4. The van der Waals surface area contributed by atoms with Crippen molar-refractivity contribution in [3.05, 3.63) is 83.6 Å². The van der Waals surface area contributed by atoms with Crippen molar-refractivity contribution in [1.82, 2.24) is 4.98 Å². The third kappa shape index (κ3) is 5.52. The lowest BCUT2D eigenvalue weighted by atomic mass is 10.1. The first-order valence-electron chi connectivity index (χ1n) is 12.2. The number of nitrogens with one attached hydrogen (secondary N) is 2. The highest BCUT2D eigenvalue weighted by atomic mass is 16.6. The van der Waals surface area contributed by atoms with Crippen molar-refractivity contribution in [1.29, 1.82) is 0 Å². The summed E-state index contributed by atoms with van der Waals surface area (Å²) in [4.78, 5) is 30.5. The average molecular weight is 514 g/mol. The van der Waals surface area contributed by atoms with Crippen molar-refractivity contribution in [3.63, 3.8) is 0 Å². The molecule has 2 heterocycles. The summed E-state index contributed by atoms with van der Waals surface area (Å²) < 4.78 is 22.0. The van der Waals surface area contributed by atoms with Crippen LogP contribution in [0.5, 0.6) is 17.2 Å². The van der Waals surface area contributed by atoms with Gasteiger partial charge in [-0.1, -0.05) is 12.1 Å². The SMILES string of the molecule is COCCOc1cc(C(=O)Nc2cc(NC(=O)c3ccc4c(c3)OCCO4)ccc2C)cc2cccnc12. The number of benzene rings is 3. The number of hydrogen-bond donors (Lipinski definition) is 2. The van der Waals surface area contributed by atoms with E-state index >= 15 is 0 Å². The summed E-state index contributed by atoms with van der Waals surface area (Å²) in [5, 5.41) is 6.62.